The Hall–Kier alpha value is -1.81. The third-order valence-electron chi connectivity index (χ3n) is 3.74. The molecule has 1 amide bonds. The fourth-order valence-electron chi connectivity index (χ4n) is 2.24. The van der Waals surface area contributed by atoms with E-state index in [1.807, 2.05) is 32.2 Å². The highest BCUT2D eigenvalue weighted by molar-refractivity contribution is 7.09. The normalized spacial score (nSPS) is 12.1. The summed E-state index contributed by atoms with van der Waals surface area (Å²) in [7, 11) is 1.84. The molecular weight excluding hydrogens is 282 g/mol. The van der Waals surface area contributed by atoms with Crippen LogP contribution < -0.4 is 0 Å². The first-order chi connectivity index (χ1) is 10.1. The molecule has 0 bridgehead atoms. The molecule has 3 nitrogen and oxygen atoms in total. The van der Waals surface area contributed by atoms with E-state index >= 15 is 0 Å². The number of aryl methyl sites for hydroxylation is 1. The number of phenols is 1. The van der Waals surface area contributed by atoms with Crippen molar-refractivity contribution < 1.29 is 9.90 Å². The zero-order chi connectivity index (χ0) is 15.2. The second kappa shape index (κ2) is 7.27. The average Bonchev–Trinajstić information content (AvgIpc) is 2.99. The second-order valence-electron chi connectivity index (χ2n) is 5.21. The number of carbonyl (C=O) groups is 1. The maximum absolute atomic E-state index is 12.2. The number of thiophene rings is 1. The van der Waals surface area contributed by atoms with Crippen LogP contribution in [0, 0.1) is 0 Å². The van der Waals surface area contributed by atoms with E-state index in [4.69, 9.17) is 0 Å². The third-order valence-corrected chi connectivity index (χ3v) is 4.68. The van der Waals surface area contributed by atoms with Gasteiger partial charge >= 0.3 is 0 Å². The summed E-state index contributed by atoms with van der Waals surface area (Å²) < 4.78 is 0. The van der Waals surface area contributed by atoms with Gasteiger partial charge in [-0.05, 0) is 48.9 Å². The van der Waals surface area contributed by atoms with Crippen LogP contribution in [0.15, 0.2) is 41.8 Å². The van der Waals surface area contributed by atoms with Crippen LogP contribution in [0.25, 0.3) is 0 Å². The second-order valence-corrected chi connectivity index (χ2v) is 6.24. The van der Waals surface area contributed by atoms with E-state index < -0.39 is 0 Å². The minimum absolute atomic E-state index is 0.0137. The van der Waals surface area contributed by atoms with Crippen molar-refractivity contribution >= 4 is 17.2 Å². The van der Waals surface area contributed by atoms with E-state index in [0.717, 1.165) is 18.4 Å². The number of benzene rings is 1. The predicted molar refractivity (Wildman–Crippen MR) is 86.5 cm³/mol. The van der Waals surface area contributed by atoms with Crippen molar-refractivity contribution in [2.45, 2.75) is 32.2 Å². The maximum atomic E-state index is 12.2. The summed E-state index contributed by atoms with van der Waals surface area (Å²) in [6, 6.07) is 11.2. The number of hydrogen-bond acceptors (Lipinski definition) is 3. The van der Waals surface area contributed by atoms with Gasteiger partial charge in [-0.25, -0.2) is 0 Å². The topological polar surface area (TPSA) is 40.5 Å². The van der Waals surface area contributed by atoms with Crippen LogP contribution in [0.5, 0.6) is 5.75 Å². The molecule has 112 valence electrons. The molecule has 1 unspecified atom stereocenters. The zero-order valence-electron chi connectivity index (χ0n) is 12.5. The van der Waals surface area contributed by atoms with Crippen LogP contribution in [0.2, 0.25) is 0 Å². The van der Waals surface area contributed by atoms with Crippen molar-refractivity contribution in [3.8, 4) is 5.75 Å². The fraction of sp³-hybridized carbons (Fsp3) is 0.353. The quantitative estimate of drug-likeness (QED) is 0.876. The summed E-state index contributed by atoms with van der Waals surface area (Å²) in [5.74, 6) is 0.406. The fourth-order valence-corrected chi connectivity index (χ4v) is 2.99. The highest BCUT2D eigenvalue weighted by Gasteiger charge is 2.16. The molecule has 0 aliphatic carbocycles. The van der Waals surface area contributed by atoms with Gasteiger partial charge in [0.2, 0.25) is 5.91 Å². The van der Waals surface area contributed by atoms with Crippen molar-refractivity contribution in [1.29, 1.82) is 0 Å². The summed E-state index contributed by atoms with van der Waals surface area (Å²) in [6.45, 7) is 2.00. The molecule has 0 saturated heterocycles. The van der Waals surface area contributed by atoms with Crippen LogP contribution in [-0.2, 0) is 11.2 Å². The van der Waals surface area contributed by atoms with E-state index in [-0.39, 0.29) is 17.7 Å². The van der Waals surface area contributed by atoms with Gasteiger partial charge in [-0.15, -0.1) is 11.3 Å². The van der Waals surface area contributed by atoms with E-state index in [2.05, 4.69) is 11.4 Å². The maximum Gasteiger partial charge on any atom is 0.222 e. The van der Waals surface area contributed by atoms with E-state index in [0.29, 0.717) is 6.42 Å². The van der Waals surface area contributed by atoms with E-state index in [9.17, 15) is 9.90 Å². The largest absolute Gasteiger partial charge is 0.508 e. The molecule has 0 fully saturated rings. The van der Waals surface area contributed by atoms with Crippen LogP contribution in [0.1, 0.15) is 36.2 Å². The van der Waals surface area contributed by atoms with Gasteiger partial charge in [0.25, 0.3) is 0 Å². The van der Waals surface area contributed by atoms with Gasteiger partial charge < -0.3 is 10.0 Å². The first-order valence-electron chi connectivity index (χ1n) is 7.15. The summed E-state index contributed by atoms with van der Waals surface area (Å²) in [4.78, 5) is 15.3. The number of aromatic hydroxyl groups is 1. The number of carbonyl (C=O) groups excluding carboxylic acids is 1. The molecule has 1 N–H and O–H groups in total. The zero-order valence-corrected chi connectivity index (χ0v) is 13.3. The molecular formula is C17H21NO2S. The van der Waals surface area contributed by atoms with Crippen molar-refractivity contribution in [1.82, 2.24) is 4.90 Å². The highest BCUT2D eigenvalue weighted by Crippen LogP contribution is 2.22. The van der Waals surface area contributed by atoms with Crippen LogP contribution in [0.4, 0.5) is 0 Å². The average molecular weight is 303 g/mol. The van der Waals surface area contributed by atoms with Crippen molar-refractivity contribution in [3.63, 3.8) is 0 Å². The van der Waals surface area contributed by atoms with Crippen molar-refractivity contribution in [3.05, 3.63) is 52.2 Å². The molecule has 4 heteroatoms. The number of rotatable bonds is 6. The number of hydrogen-bond donors (Lipinski definition) is 1. The SMILES string of the molecule is CC(c1ccc(O)cc1)N(C)C(=O)CCCc1cccs1. The number of amides is 1. The molecule has 1 heterocycles. The van der Waals surface area contributed by atoms with Gasteiger partial charge in [0.15, 0.2) is 0 Å². The Labute approximate surface area is 129 Å². The lowest BCUT2D eigenvalue weighted by Crippen LogP contribution is -2.29. The first-order valence-corrected chi connectivity index (χ1v) is 8.03. The molecule has 0 radical (unpaired) electrons. The van der Waals surface area contributed by atoms with Crippen LogP contribution >= 0.6 is 11.3 Å². The Bertz CT molecular complexity index is 563. The molecule has 0 saturated carbocycles. The summed E-state index contributed by atoms with van der Waals surface area (Å²) in [5.41, 5.74) is 1.03. The minimum Gasteiger partial charge on any atom is -0.508 e. The van der Waals surface area contributed by atoms with Gasteiger partial charge in [-0.1, -0.05) is 18.2 Å². The molecule has 0 spiro atoms. The Morgan fingerprint density at radius 2 is 2.00 bits per heavy atom. The Morgan fingerprint density at radius 3 is 2.62 bits per heavy atom. The smallest absolute Gasteiger partial charge is 0.222 e. The summed E-state index contributed by atoms with van der Waals surface area (Å²) in [6.07, 6.45) is 2.41. The highest BCUT2D eigenvalue weighted by atomic mass is 32.1. The van der Waals surface area contributed by atoms with E-state index in [1.165, 1.54) is 4.88 Å². The first kappa shape index (κ1) is 15.6. The van der Waals surface area contributed by atoms with E-state index in [1.54, 1.807) is 28.4 Å². The molecule has 1 atom stereocenters. The van der Waals surface area contributed by atoms with Gasteiger partial charge in [-0.2, -0.15) is 0 Å². The molecule has 2 aromatic rings. The lowest BCUT2D eigenvalue weighted by molar-refractivity contribution is -0.131. The molecule has 0 aliphatic rings. The Kier molecular flexibility index (Phi) is 5.39. The molecule has 21 heavy (non-hydrogen) atoms. The third kappa shape index (κ3) is 4.33. The van der Waals surface area contributed by atoms with Crippen LogP contribution in [0.3, 0.4) is 0 Å². The van der Waals surface area contributed by atoms with Gasteiger partial charge in [-0.3, -0.25) is 4.79 Å². The van der Waals surface area contributed by atoms with Crippen LogP contribution in [-0.4, -0.2) is 23.0 Å². The molecule has 1 aromatic carbocycles. The lowest BCUT2D eigenvalue weighted by atomic mass is 10.1. The minimum atomic E-state index is 0.0137. The summed E-state index contributed by atoms with van der Waals surface area (Å²) >= 11 is 1.74. The molecule has 1 aromatic heterocycles. The monoisotopic (exact) mass is 303 g/mol. The van der Waals surface area contributed by atoms with Crippen molar-refractivity contribution in [2.24, 2.45) is 0 Å². The standard InChI is InChI=1S/C17H21NO2S/c1-13(14-8-10-15(19)11-9-14)18(2)17(20)7-3-5-16-6-4-12-21-16/h4,6,8-13,19H,3,5,7H2,1-2H3. The Morgan fingerprint density at radius 1 is 1.29 bits per heavy atom. The predicted octanol–water partition coefficient (Wildman–Crippen LogP) is 4.00. The summed E-state index contributed by atoms with van der Waals surface area (Å²) in [5, 5.41) is 11.4. The molecule has 2 rings (SSSR count). The van der Waals surface area contributed by atoms with Crippen molar-refractivity contribution in [2.75, 3.05) is 7.05 Å². The number of phenolic OH excluding ortho intramolecular Hbond substituents is 1. The number of nitrogens with zero attached hydrogens (tertiary/aromatic N) is 1. The van der Waals surface area contributed by atoms with Gasteiger partial charge in [0.05, 0.1) is 6.04 Å². The lowest BCUT2D eigenvalue weighted by Gasteiger charge is -2.25. The Balaban J connectivity index is 1.84. The van der Waals surface area contributed by atoms with Gasteiger partial charge in [0, 0.05) is 18.3 Å². The molecule has 0 aliphatic heterocycles. The van der Waals surface area contributed by atoms with Gasteiger partial charge in [0.1, 0.15) is 5.75 Å².